The third-order valence-electron chi connectivity index (χ3n) is 8.98. The Morgan fingerprint density at radius 3 is 2.69 bits per heavy atom. The third-order valence-corrected chi connectivity index (χ3v) is 8.98. The number of aromatic hydroxyl groups is 1. The van der Waals surface area contributed by atoms with E-state index in [0.29, 0.717) is 22.2 Å². The molecule has 4 N–H and O–H groups in total. The number of nitrogens with zero attached hydrogens (tertiary/aromatic N) is 2. The fourth-order valence-corrected chi connectivity index (χ4v) is 6.55. The van der Waals surface area contributed by atoms with E-state index in [9.17, 15) is 37.9 Å². The zero-order chi connectivity index (χ0) is 36.7. The van der Waals surface area contributed by atoms with Crippen LogP contribution in [0.15, 0.2) is 60.8 Å². The fourth-order valence-electron chi connectivity index (χ4n) is 6.55. The molecule has 16 heteroatoms. The molecule has 4 heterocycles. The number of phenols is 1. The summed E-state index contributed by atoms with van der Waals surface area (Å²) in [5.74, 6) is -3.51. The second-order valence-electron chi connectivity index (χ2n) is 12.4. The van der Waals surface area contributed by atoms with Crippen molar-refractivity contribution < 1.29 is 52.1 Å². The highest BCUT2D eigenvalue weighted by Gasteiger charge is 2.46. The summed E-state index contributed by atoms with van der Waals surface area (Å²) in [4.78, 5) is 68.8. The van der Waals surface area contributed by atoms with Crippen molar-refractivity contribution in [2.24, 2.45) is 0 Å². The highest BCUT2D eigenvalue weighted by Crippen LogP contribution is 2.44. The van der Waals surface area contributed by atoms with Gasteiger partial charge in [0.1, 0.15) is 17.3 Å². The molecule has 0 radical (unpaired) electrons. The molecule has 3 aromatic carbocycles. The van der Waals surface area contributed by atoms with Crippen molar-refractivity contribution in [3.8, 4) is 17.2 Å². The predicted molar refractivity (Wildman–Crippen MR) is 178 cm³/mol. The Kier molecular flexibility index (Phi) is 8.92. The number of hydrogen-bond acceptors (Lipinski definition) is 11. The summed E-state index contributed by atoms with van der Waals surface area (Å²) in [5.41, 5.74) is 2.28. The van der Waals surface area contributed by atoms with Crippen molar-refractivity contribution in [3.63, 3.8) is 0 Å². The average Bonchev–Trinajstić information content (AvgIpc) is 3.57. The van der Waals surface area contributed by atoms with Gasteiger partial charge in [0.25, 0.3) is 11.8 Å². The number of carbonyl (C=O) groups is 5. The molecular formula is C36H31F2N5O9. The maximum absolute atomic E-state index is 13.8. The first-order valence-corrected chi connectivity index (χ1v) is 16.3. The van der Waals surface area contributed by atoms with Crippen LogP contribution in [0.1, 0.15) is 62.7 Å². The minimum atomic E-state index is -3.85. The van der Waals surface area contributed by atoms with Crippen molar-refractivity contribution in [2.45, 2.75) is 44.6 Å². The number of benzene rings is 3. The Morgan fingerprint density at radius 2 is 1.88 bits per heavy atom. The minimum Gasteiger partial charge on any atom is -0.505 e. The van der Waals surface area contributed by atoms with E-state index in [0.717, 1.165) is 10.5 Å². The lowest BCUT2D eigenvalue weighted by Crippen LogP contribution is -2.54. The number of carbonyl (C=O) groups excluding carboxylic acids is 5. The minimum absolute atomic E-state index is 0.00785. The van der Waals surface area contributed by atoms with Crippen LogP contribution in [0.2, 0.25) is 0 Å². The topological polar surface area (TPSA) is 185 Å². The number of anilines is 1. The van der Waals surface area contributed by atoms with E-state index in [2.05, 4.69) is 30.4 Å². The number of aromatic nitrogens is 1. The zero-order valence-electron chi connectivity index (χ0n) is 27.5. The van der Waals surface area contributed by atoms with Crippen LogP contribution in [0.25, 0.3) is 10.9 Å². The van der Waals surface area contributed by atoms with E-state index in [4.69, 9.17) is 4.74 Å². The zero-order valence-corrected chi connectivity index (χ0v) is 27.5. The van der Waals surface area contributed by atoms with Gasteiger partial charge in [0.15, 0.2) is 11.5 Å². The monoisotopic (exact) mass is 715 g/mol. The van der Waals surface area contributed by atoms with E-state index >= 15 is 0 Å². The molecule has 0 bridgehead atoms. The van der Waals surface area contributed by atoms with Crippen LogP contribution in [0.5, 0.6) is 17.2 Å². The smallest absolute Gasteiger partial charge is 0.505 e. The number of ether oxygens (including phenoxy) is 3. The lowest BCUT2D eigenvalue weighted by Gasteiger charge is -2.27. The van der Waals surface area contributed by atoms with Gasteiger partial charge >= 0.3 is 6.29 Å². The number of aryl methyl sites for hydroxylation is 1. The molecule has 14 nitrogen and oxygen atoms in total. The number of halogens is 2. The number of nitrogens with one attached hydrogen (secondary N) is 3. The van der Waals surface area contributed by atoms with Gasteiger partial charge in [-0.05, 0) is 60.9 Å². The number of hydrogen-bond donors (Lipinski definition) is 4. The van der Waals surface area contributed by atoms with E-state index in [1.165, 1.54) is 30.5 Å². The van der Waals surface area contributed by atoms with E-state index in [1.807, 2.05) is 6.92 Å². The van der Waals surface area contributed by atoms with Crippen LogP contribution in [-0.2, 0) is 19.1 Å². The summed E-state index contributed by atoms with van der Waals surface area (Å²) in [6.07, 6.45) is -2.39. The number of imide groups is 2. The number of amides is 5. The van der Waals surface area contributed by atoms with Gasteiger partial charge < -0.3 is 30.0 Å². The number of piperidine rings is 1. The molecule has 1 aromatic heterocycles. The highest BCUT2D eigenvalue weighted by atomic mass is 19.3. The Hall–Kier alpha value is -6.16. The maximum Gasteiger partial charge on any atom is 0.586 e. The molecule has 2 unspecified atom stereocenters. The van der Waals surface area contributed by atoms with Crippen LogP contribution in [0.4, 0.5) is 14.5 Å². The lowest BCUT2D eigenvalue weighted by molar-refractivity contribution is -0.286. The van der Waals surface area contributed by atoms with Crippen LogP contribution in [0, 0.1) is 6.92 Å². The van der Waals surface area contributed by atoms with Gasteiger partial charge in [-0.1, -0.05) is 18.2 Å². The maximum atomic E-state index is 13.8. The summed E-state index contributed by atoms with van der Waals surface area (Å²) < 4.78 is 42.4. The third kappa shape index (κ3) is 6.43. The highest BCUT2D eigenvalue weighted by molar-refractivity contribution is 6.25. The Bertz CT molecular complexity index is 2160. The molecule has 52 heavy (non-hydrogen) atoms. The number of rotatable bonds is 11. The lowest BCUT2D eigenvalue weighted by atomic mass is 9.93. The van der Waals surface area contributed by atoms with Gasteiger partial charge in [-0.15, -0.1) is 8.78 Å². The summed E-state index contributed by atoms with van der Waals surface area (Å²) in [7, 11) is 0. The Morgan fingerprint density at radius 1 is 1.08 bits per heavy atom. The van der Waals surface area contributed by atoms with Crippen LogP contribution < -0.4 is 25.4 Å². The van der Waals surface area contributed by atoms with Crippen LogP contribution in [0.3, 0.4) is 0 Å². The summed E-state index contributed by atoms with van der Waals surface area (Å²) in [6.45, 7) is 2.09. The number of pyridine rings is 1. The van der Waals surface area contributed by atoms with E-state index in [1.54, 1.807) is 30.3 Å². The number of alkyl halides is 2. The number of phenolic OH excluding ortho intramolecular Hbond substituents is 1. The average molecular weight is 716 g/mol. The largest absolute Gasteiger partial charge is 0.586 e. The molecule has 2 atom stereocenters. The summed E-state index contributed by atoms with van der Waals surface area (Å²) in [5, 5.41) is 20.0. The van der Waals surface area contributed by atoms with Crippen molar-refractivity contribution in [3.05, 3.63) is 88.6 Å². The molecule has 3 aliphatic heterocycles. The predicted octanol–water partition coefficient (Wildman–Crippen LogP) is 3.70. The first-order chi connectivity index (χ1) is 24.9. The molecule has 5 amide bonds. The second-order valence-corrected chi connectivity index (χ2v) is 12.4. The molecule has 1 saturated heterocycles. The van der Waals surface area contributed by atoms with Crippen molar-refractivity contribution >= 4 is 46.1 Å². The van der Waals surface area contributed by atoms with Gasteiger partial charge in [-0.3, -0.25) is 39.2 Å². The normalized spacial score (nSPS) is 18.0. The van der Waals surface area contributed by atoms with Gasteiger partial charge in [0.2, 0.25) is 17.7 Å². The Balaban J connectivity index is 0.989. The first-order valence-electron chi connectivity index (χ1n) is 16.3. The molecular weight excluding hydrogens is 684 g/mol. The second kappa shape index (κ2) is 13.5. The number of fused-ring (bicyclic) bond motifs is 3. The quantitative estimate of drug-likeness (QED) is 0.131. The molecule has 3 aliphatic rings. The Labute approximate surface area is 294 Å². The summed E-state index contributed by atoms with van der Waals surface area (Å²) >= 11 is 0. The van der Waals surface area contributed by atoms with E-state index < -0.39 is 47.9 Å². The van der Waals surface area contributed by atoms with E-state index in [-0.39, 0.29) is 73.0 Å². The van der Waals surface area contributed by atoms with Crippen molar-refractivity contribution in [2.75, 3.05) is 25.1 Å². The molecule has 1 fully saturated rings. The van der Waals surface area contributed by atoms with Gasteiger partial charge in [0, 0.05) is 42.2 Å². The fraction of sp³-hybridized carbons (Fsp3) is 0.278. The molecule has 4 aromatic rings. The van der Waals surface area contributed by atoms with Crippen molar-refractivity contribution in [1.82, 2.24) is 20.5 Å². The molecule has 0 saturated carbocycles. The standard InChI is InChI=1S/C36H31F2N5O9/c1-18-16-22(32(46)31-20(18)5-3-12-40-31)30(19-7-9-25-26(17-19)52-36(37,38)51-25)41-28(45)11-14-50-15-13-39-23-6-2-4-21-29(23)35(49)43(34(21)48)24-8-10-27(44)42-33(24)47/h2-7,9,12,16-17,24,30,39,46H,8,10-11,13-15H2,1H3,(H,41,45)(H,42,44,47). The van der Waals surface area contributed by atoms with Crippen LogP contribution >= 0.6 is 0 Å². The van der Waals surface area contributed by atoms with Crippen molar-refractivity contribution in [1.29, 1.82) is 0 Å². The van der Waals surface area contributed by atoms with Crippen LogP contribution in [-0.4, -0.2) is 76.6 Å². The molecule has 0 spiro atoms. The molecule has 268 valence electrons. The van der Waals surface area contributed by atoms with Gasteiger partial charge in [-0.25, -0.2) is 0 Å². The molecule has 0 aliphatic carbocycles. The summed E-state index contributed by atoms with van der Waals surface area (Å²) in [6, 6.07) is 11.9. The SMILES string of the molecule is Cc1cc(C(NC(=O)CCOCCNc2cccc3c2C(=O)N(C2CCC(=O)NC2=O)C3=O)c2ccc3c(c2)OC(F)(F)O3)c(O)c2ncccc12. The first kappa shape index (κ1) is 34.3. The van der Waals surface area contributed by atoms with Gasteiger partial charge in [0.05, 0.1) is 30.4 Å². The van der Waals surface area contributed by atoms with Gasteiger partial charge in [-0.2, -0.15) is 0 Å². The molecule has 7 rings (SSSR count).